The average molecular weight is 477 g/mol. The Hall–Kier alpha value is -3.97. The fourth-order valence-corrected chi connectivity index (χ4v) is 3.13. The molecule has 1 heterocycles. The second-order valence-corrected chi connectivity index (χ2v) is 7.64. The molecule has 184 valence electrons. The highest BCUT2D eigenvalue weighted by Crippen LogP contribution is 2.19. The largest absolute Gasteiger partial charge is 0.481 e. The van der Waals surface area contributed by atoms with E-state index in [4.69, 9.17) is 15.9 Å². The minimum absolute atomic E-state index is 0.0292. The molecule has 1 aromatic heterocycles. The number of hydrogen-bond acceptors (Lipinski definition) is 7. The van der Waals surface area contributed by atoms with Crippen LogP contribution in [0.1, 0.15) is 18.9 Å². The molecule has 1 aromatic carbocycles. The van der Waals surface area contributed by atoms with Crippen LogP contribution in [-0.2, 0) is 30.4 Å². The number of aromatic amines is 1. The third kappa shape index (κ3) is 7.02. The van der Waals surface area contributed by atoms with Crippen molar-refractivity contribution in [2.75, 3.05) is 6.61 Å². The Morgan fingerprint density at radius 3 is 2.21 bits per heavy atom. The molecular formula is C21H27N5O8. The molecule has 2 rings (SSSR count). The van der Waals surface area contributed by atoms with Crippen LogP contribution in [0.25, 0.3) is 10.9 Å². The number of benzene rings is 1. The number of aromatic nitrogens is 1. The van der Waals surface area contributed by atoms with Crippen molar-refractivity contribution in [2.45, 2.75) is 43.9 Å². The number of carbonyl (C=O) groups is 5. The zero-order valence-corrected chi connectivity index (χ0v) is 18.3. The molecule has 0 saturated heterocycles. The first-order valence-corrected chi connectivity index (χ1v) is 10.3. The summed E-state index contributed by atoms with van der Waals surface area (Å²) in [6.45, 7) is 0.399. The fraction of sp³-hybridized carbons (Fsp3) is 0.381. The Morgan fingerprint density at radius 2 is 1.59 bits per heavy atom. The molecule has 9 N–H and O–H groups in total. The van der Waals surface area contributed by atoms with Crippen molar-refractivity contribution in [2.24, 2.45) is 5.73 Å². The Bertz CT molecular complexity index is 1070. The first kappa shape index (κ1) is 26.3. The average Bonchev–Trinajstić information content (AvgIpc) is 3.18. The number of aliphatic hydroxyl groups is 1. The lowest BCUT2D eigenvalue weighted by Gasteiger charge is -2.23. The van der Waals surface area contributed by atoms with Gasteiger partial charge in [0.25, 0.3) is 0 Å². The van der Waals surface area contributed by atoms with E-state index in [-0.39, 0.29) is 6.42 Å². The highest BCUT2D eigenvalue weighted by Gasteiger charge is 2.30. The Morgan fingerprint density at radius 1 is 0.971 bits per heavy atom. The summed E-state index contributed by atoms with van der Waals surface area (Å²) in [6, 6.07) is 1.74. The van der Waals surface area contributed by atoms with E-state index in [0.717, 1.165) is 10.9 Å². The second-order valence-electron chi connectivity index (χ2n) is 7.64. The molecule has 0 fully saturated rings. The van der Waals surface area contributed by atoms with E-state index in [2.05, 4.69) is 20.9 Å². The highest BCUT2D eigenvalue weighted by molar-refractivity contribution is 5.95. The van der Waals surface area contributed by atoms with Gasteiger partial charge in [-0.1, -0.05) is 18.2 Å². The maximum Gasteiger partial charge on any atom is 0.325 e. The maximum atomic E-state index is 12.8. The van der Waals surface area contributed by atoms with Gasteiger partial charge in [-0.2, -0.15) is 0 Å². The molecule has 0 bridgehead atoms. The van der Waals surface area contributed by atoms with Crippen molar-refractivity contribution in [1.29, 1.82) is 0 Å². The summed E-state index contributed by atoms with van der Waals surface area (Å²) in [5.74, 6) is -5.32. The number of rotatable bonds is 12. The van der Waals surface area contributed by atoms with E-state index < -0.39 is 66.9 Å². The Labute approximate surface area is 193 Å². The van der Waals surface area contributed by atoms with E-state index in [1.807, 2.05) is 12.1 Å². The van der Waals surface area contributed by atoms with Crippen LogP contribution in [-0.4, -0.2) is 80.7 Å². The summed E-state index contributed by atoms with van der Waals surface area (Å²) in [6.07, 6.45) is 0.927. The summed E-state index contributed by atoms with van der Waals surface area (Å²) < 4.78 is 0. The molecule has 0 saturated carbocycles. The van der Waals surface area contributed by atoms with Gasteiger partial charge in [-0.3, -0.25) is 24.0 Å². The van der Waals surface area contributed by atoms with Crippen LogP contribution in [0.15, 0.2) is 30.5 Å². The normalized spacial score (nSPS) is 14.4. The van der Waals surface area contributed by atoms with E-state index in [1.54, 1.807) is 18.3 Å². The number of fused-ring (bicyclic) bond motifs is 1. The molecule has 3 amide bonds. The lowest BCUT2D eigenvalue weighted by molar-refractivity contribution is -0.141. The molecular weight excluding hydrogens is 450 g/mol. The predicted octanol–water partition coefficient (Wildman–Crippen LogP) is -1.94. The van der Waals surface area contributed by atoms with Crippen molar-refractivity contribution < 1.29 is 39.3 Å². The molecule has 2 aromatic rings. The van der Waals surface area contributed by atoms with Crippen LogP contribution in [0.4, 0.5) is 0 Å². The number of aliphatic hydroxyl groups excluding tert-OH is 1. The number of para-hydroxylation sites is 1. The number of carbonyl (C=O) groups excluding carboxylic acids is 3. The quantitative estimate of drug-likeness (QED) is 0.170. The highest BCUT2D eigenvalue weighted by atomic mass is 16.4. The van der Waals surface area contributed by atoms with Crippen molar-refractivity contribution in [3.05, 3.63) is 36.0 Å². The first-order chi connectivity index (χ1) is 16.0. The minimum Gasteiger partial charge on any atom is -0.481 e. The standard InChI is InChI=1S/C21H27N5O8/c1-10(21(33)34)24-19(31)15(6-11-8-23-14-5-3-2-4-12(11)14)25-20(32)16(9-27)26-18(30)13(22)7-17(28)29/h2-5,8,10,13,15-16,23,27H,6-7,9,22H2,1H3,(H,24,31)(H,25,32)(H,26,30)(H,28,29)(H,33,34). The van der Waals surface area contributed by atoms with Gasteiger partial charge < -0.3 is 42.0 Å². The van der Waals surface area contributed by atoms with Gasteiger partial charge in [0.2, 0.25) is 17.7 Å². The molecule has 0 aliphatic rings. The molecule has 0 spiro atoms. The van der Waals surface area contributed by atoms with Gasteiger partial charge in [-0.25, -0.2) is 0 Å². The SMILES string of the molecule is CC(NC(=O)C(Cc1c[nH]c2ccccc12)NC(=O)C(CO)NC(=O)C(N)CC(=O)O)C(=O)O. The summed E-state index contributed by atoms with van der Waals surface area (Å²) in [5, 5.41) is 35.0. The van der Waals surface area contributed by atoms with E-state index in [1.165, 1.54) is 6.92 Å². The van der Waals surface area contributed by atoms with Crippen molar-refractivity contribution >= 4 is 40.6 Å². The van der Waals surface area contributed by atoms with E-state index >= 15 is 0 Å². The van der Waals surface area contributed by atoms with Crippen LogP contribution in [0.5, 0.6) is 0 Å². The zero-order chi connectivity index (χ0) is 25.4. The monoisotopic (exact) mass is 477 g/mol. The van der Waals surface area contributed by atoms with E-state index in [9.17, 15) is 29.1 Å². The molecule has 13 nitrogen and oxygen atoms in total. The molecule has 4 unspecified atom stereocenters. The van der Waals surface area contributed by atoms with Gasteiger partial charge in [0, 0.05) is 23.5 Å². The summed E-state index contributed by atoms with van der Waals surface area (Å²) in [7, 11) is 0. The maximum absolute atomic E-state index is 12.8. The molecule has 34 heavy (non-hydrogen) atoms. The topological polar surface area (TPSA) is 224 Å². The van der Waals surface area contributed by atoms with Gasteiger partial charge in [-0.05, 0) is 18.6 Å². The Balaban J connectivity index is 2.20. The number of carboxylic acids is 2. The number of hydrogen-bond donors (Lipinski definition) is 8. The van der Waals surface area contributed by atoms with Crippen molar-refractivity contribution in [1.82, 2.24) is 20.9 Å². The summed E-state index contributed by atoms with van der Waals surface area (Å²) in [4.78, 5) is 62.5. The molecule has 0 aliphatic heterocycles. The predicted molar refractivity (Wildman–Crippen MR) is 118 cm³/mol. The number of amides is 3. The molecule has 4 atom stereocenters. The van der Waals surface area contributed by atoms with Crippen molar-refractivity contribution in [3.8, 4) is 0 Å². The van der Waals surface area contributed by atoms with Gasteiger partial charge in [0.15, 0.2) is 0 Å². The number of nitrogens with one attached hydrogen (secondary N) is 4. The van der Waals surface area contributed by atoms with Gasteiger partial charge >= 0.3 is 11.9 Å². The Kier molecular flexibility index (Phi) is 9.10. The number of carboxylic acid groups (broad SMARTS) is 2. The van der Waals surface area contributed by atoms with Gasteiger partial charge in [0.05, 0.1) is 19.1 Å². The van der Waals surface area contributed by atoms with Gasteiger partial charge in [-0.15, -0.1) is 0 Å². The van der Waals surface area contributed by atoms with Crippen LogP contribution >= 0.6 is 0 Å². The van der Waals surface area contributed by atoms with Crippen LogP contribution in [0.2, 0.25) is 0 Å². The minimum atomic E-state index is -1.53. The lowest BCUT2D eigenvalue weighted by Crippen LogP contribution is -2.58. The smallest absolute Gasteiger partial charge is 0.325 e. The summed E-state index contributed by atoms with van der Waals surface area (Å²) in [5.41, 5.74) is 6.91. The first-order valence-electron chi connectivity index (χ1n) is 10.3. The summed E-state index contributed by atoms with van der Waals surface area (Å²) >= 11 is 0. The molecule has 0 radical (unpaired) electrons. The van der Waals surface area contributed by atoms with Crippen LogP contribution in [0, 0.1) is 0 Å². The number of nitrogens with two attached hydrogens (primary N) is 1. The number of H-pyrrole nitrogens is 1. The fourth-order valence-electron chi connectivity index (χ4n) is 3.13. The molecule has 13 heteroatoms. The lowest BCUT2D eigenvalue weighted by atomic mass is 10.0. The zero-order valence-electron chi connectivity index (χ0n) is 18.3. The number of aliphatic carboxylic acids is 2. The van der Waals surface area contributed by atoms with Crippen molar-refractivity contribution in [3.63, 3.8) is 0 Å². The van der Waals surface area contributed by atoms with E-state index in [0.29, 0.717) is 5.56 Å². The van der Waals surface area contributed by atoms with Crippen LogP contribution in [0.3, 0.4) is 0 Å². The second kappa shape index (κ2) is 11.8. The van der Waals surface area contributed by atoms with Gasteiger partial charge in [0.1, 0.15) is 18.1 Å². The molecule has 0 aliphatic carbocycles. The third-order valence-electron chi connectivity index (χ3n) is 5.01. The van der Waals surface area contributed by atoms with Crippen LogP contribution < -0.4 is 21.7 Å². The third-order valence-corrected chi connectivity index (χ3v) is 5.01.